The van der Waals surface area contributed by atoms with Crippen LogP contribution < -0.4 is 11.1 Å². The molecule has 0 saturated heterocycles. The number of hydrogen-bond donors (Lipinski definition) is 2. The van der Waals surface area contributed by atoms with Crippen molar-refractivity contribution in [2.75, 3.05) is 0 Å². The van der Waals surface area contributed by atoms with Crippen molar-refractivity contribution in [2.45, 2.75) is 26.4 Å². The van der Waals surface area contributed by atoms with Crippen molar-refractivity contribution in [3.8, 4) is 0 Å². The molecule has 0 bridgehead atoms. The van der Waals surface area contributed by atoms with Gasteiger partial charge < -0.3 is 11.1 Å². The first-order valence-electron chi connectivity index (χ1n) is 5.04. The van der Waals surface area contributed by atoms with Gasteiger partial charge in [-0.05, 0) is 18.1 Å². The highest BCUT2D eigenvalue weighted by Crippen LogP contribution is 1.99. The predicted octanol–water partition coefficient (Wildman–Crippen LogP) is 1.10. The van der Waals surface area contributed by atoms with E-state index < -0.39 is 6.04 Å². The van der Waals surface area contributed by atoms with E-state index in [2.05, 4.69) is 10.3 Å². The Bertz CT molecular complexity index is 316. The van der Waals surface area contributed by atoms with E-state index in [0.29, 0.717) is 6.54 Å². The van der Waals surface area contributed by atoms with Gasteiger partial charge in [0.2, 0.25) is 5.91 Å². The number of nitrogens with zero attached hydrogens (tertiary/aromatic N) is 1. The molecule has 5 heteroatoms. The molecule has 3 N–H and O–H groups in total. The van der Waals surface area contributed by atoms with E-state index in [0.717, 1.165) is 5.69 Å². The normalized spacial score (nSPS) is 11.8. The quantitative estimate of drug-likeness (QED) is 0.832. The van der Waals surface area contributed by atoms with Crippen molar-refractivity contribution in [3.63, 3.8) is 0 Å². The maximum absolute atomic E-state index is 11.5. The molecule has 0 aliphatic heterocycles. The van der Waals surface area contributed by atoms with Gasteiger partial charge in [0.05, 0.1) is 18.3 Å². The van der Waals surface area contributed by atoms with Crippen molar-refractivity contribution in [1.29, 1.82) is 0 Å². The second-order valence-electron chi connectivity index (χ2n) is 3.81. The average molecular weight is 244 g/mol. The fourth-order valence-electron chi connectivity index (χ4n) is 1.10. The molecule has 0 fully saturated rings. The van der Waals surface area contributed by atoms with E-state index in [4.69, 9.17) is 5.73 Å². The number of rotatable bonds is 4. The lowest BCUT2D eigenvalue weighted by atomic mass is 10.1. The summed E-state index contributed by atoms with van der Waals surface area (Å²) in [6.45, 7) is 4.27. The second kappa shape index (κ2) is 7.19. The molecule has 1 aromatic rings. The van der Waals surface area contributed by atoms with Crippen LogP contribution in [0.3, 0.4) is 0 Å². The molecule has 16 heavy (non-hydrogen) atoms. The molecule has 0 aliphatic carbocycles. The topological polar surface area (TPSA) is 68.0 Å². The zero-order valence-corrected chi connectivity index (χ0v) is 10.3. The molecule has 1 atom stereocenters. The molecule has 0 radical (unpaired) electrons. The number of halogens is 1. The first-order valence-corrected chi connectivity index (χ1v) is 5.04. The lowest BCUT2D eigenvalue weighted by Crippen LogP contribution is -2.43. The number of pyridine rings is 1. The fraction of sp³-hybridized carbons (Fsp3) is 0.455. The number of aromatic nitrogens is 1. The van der Waals surface area contributed by atoms with Gasteiger partial charge in [0, 0.05) is 6.20 Å². The van der Waals surface area contributed by atoms with Gasteiger partial charge in [-0.1, -0.05) is 19.9 Å². The lowest BCUT2D eigenvalue weighted by molar-refractivity contribution is -0.123. The molecule has 0 saturated carbocycles. The highest BCUT2D eigenvalue weighted by Gasteiger charge is 2.16. The van der Waals surface area contributed by atoms with Crippen LogP contribution in [0.1, 0.15) is 19.5 Å². The van der Waals surface area contributed by atoms with Crippen LogP contribution in [0.2, 0.25) is 0 Å². The van der Waals surface area contributed by atoms with Gasteiger partial charge in [0.1, 0.15) is 0 Å². The minimum atomic E-state index is -0.450. The van der Waals surface area contributed by atoms with E-state index in [1.165, 1.54) is 0 Å². The Morgan fingerprint density at radius 3 is 2.69 bits per heavy atom. The number of carbonyl (C=O) groups is 1. The Hall–Kier alpha value is -1.13. The van der Waals surface area contributed by atoms with Gasteiger partial charge in [0.15, 0.2) is 0 Å². The third-order valence-corrected chi connectivity index (χ3v) is 2.19. The molecule has 1 unspecified atom stereocenters. The summed E-state index contributed by atoms with van der Waals surface area (Å²) in [7, 11) is 0. The predicted molar refractivity (Wildman–Crippen MR) is 66.1 cm³/mol. The molecular weight excluding hydrogens is 226 g/mol. The molecule has 1 heterocycles. The number of nitrogens with one attached hydrogen (secondary N) is 1. The summed E-state index contributed by atoms with van der Waals surface area (Å²) >= 11 is 0. The standard InChI is InChI=1S/C11H17N3O.ClH/c1-8(2)10(12)11(15)14-7-9-5-3-4-6-13-9;/h3-6,8,10H,7,12H2,1-2H3,(H,14,15);1H. The minimum Gasteiger partial charge on any atom is -0.349 e. The Morgan fingerprint density at radius 1 is 1.50 bits per heavy atom. The van der Waals surface area contributed by atoms with Crippen LogP contribution >= 0.6 is 12.4 Å². The Morgan fingerprint density at radius 2 is 2.19 bits per heavy atom. The first kappa shape index (κ1) is 14.9. The van der Waals surface area contributed by atoms with Crippen LogP contribution in [0.4, 0.5) is 0 Å². The van der Waals surface area contributed by atoms with Crippen LogP contribution in [0, 0.1) is 5.92 Å². The molecular formula is C11H18ClN3O. The third-order valence-electron chi connectivity index (χ3n) is 2.19. The maximum Gasteiger partial charge on any atom is 0.237 e. The summed E-state index contributed by atoms with van der Waals surface area (Å²) in [5.74, 6) is 0.0179. The third kappa shape index (κ3) is 4.59. The van der Waals surface area contributed by atoms with Crippen molar-refractivity contribution < 1.29 is 4.79 Å². The van der Waals surface area contributed by atoms with Gasteiger partial charge in [-0.2, -0.15) is 0 Å². The van der Waals surface area contributed by atoms with Crippen molar-refractivity contribution in [1.82, 2.24) is 10.3 Å². The van der Waals surface area contributed by atoms with Gasteiger partial charge in [-0.25, -0.2) is 0 Å². The number of nitrogens with two attached hydrogens (primary N) is 1. The number of amides is 1. The van der Waals surface area contributed by atoms with Gasteiger partial charge in [-0.3, -0.25) is 9.78 Å². The maximum atomic E-state index is 11.5. The van der Waals surface area contributed by atoms with Crippen LogP contribution in [-0.4, -0.2) is 16.9 Å². The molecule has 1 aromatic heterocycles. The van der Waals surface area contributed by atoms with Crippen molar-refractivity contribution >= 4 is 18.3 Å². The zero-order valence-electron chi connectivity index (χ0n) is 9.51. The Balaban J connectivity index is 0.00000225. The monoisotopic (exact) mass is 243 g/mol. The molecule has 0 aliphatic rings. The molecule has 1 rings (SSSR count). The van der Waals surface area contributed by atoms with Gasteiger partial charge in [-0.15, -0.1) is 12.4 Å². The number of carbonyl (C=O) groups excluding carboxylic acids is 1. The smallest absolute Gasteiger partial charge is 0.237 e. The molecule has 1 amide bonds. The van der Waals surface area contributed by atoms with E-state index in [-0.39, 0.29) is 24.2 Å². The molecule has 0 aromatic carbocycles. The highest BCUT2D eigenvalue weighted by atomic mass is 35.5. The SMILES string of the molecule is CC(C)C(N)C(=O)NCc1ccccn1.Cl. The summed E-state index contributed by atoms with van der Waals surface area (Å²) in [6, 6.07) is 5.14. The molecule has 0 spiro atoms. The summed E-state index contributed by atoms with van der Waals surface area (Å²) in [5.41, 5.74) is 6.53. The molecule has 4 nitrogen and oxygen atoms in total. The first-order chi connectivity index (χ1) is 7.11. The Kier molecular flexibility index (Phi) is 6.69. The van der Waals surface area contributed by atoms with Crippen molar-refractivity contribution in [3.05, 3.63) is 30.1 Å². The highest BCUT2D eigenvalue weighted by molar-refractivity contribution is 5.85. The molecule has 90 valence electrons. The zero-order chi connectivity index (χ0) is 11.3. The van der Waals surface area contributed by atoms with Gasteiger partial charge in [0.25, 0.3) is 0 Å². The van der Waals surface area contributed by atoms with Crippen LogP contribution in [0.5, 0.6) is 0 Å². The van der Waals surface area contributed by atoms with Gasteiger partial charge >= 0.3 is 0 Å². The number of hydrogen-bond acceptors (Lipinski definition) is 3. The minimum absolute atomic E-state index is 0. The van der Waals surface area contributed by atoms with Crippen molar-refractivity contribution in [2.24, 2.45) is 11.7 Å². The van der Waals surface area contributed by atoms with E-state index in [9.17, 15) is 4.79 Å². The van der Waals surface area contributed by atoms with Crippen LogP contribution in [0.15, 0.2) is 24.4 Å². The van der Waals surface area contributed by atoms with Crippen LogP contribution in [-0.2, 0) is 11.3 Å². The fourth-order valence-corrected chi connectivity index (χ4v) is 1.10. The Labute approximate surface area is 102 Å². The lowest BCUT2D eigenvalue weighted by Gasteiger charge is -2.14. The van der Waals surface area contributed by atoms with E-state index in [1.807, 2.05) is 32.0 Å². The van der Waals surface area contributed by atoms with Crippen LogP contribution in [0.25, 0.3) is 0 Å². The van der Waals surface area contributed by atoms with E-state index >= 15 is 0 Å². The summed E-state index contributed by atoms with van der Waals surface area (Å²) in [4.78, 5) is 15.6. The summed E-state index contributed by atoms with van der Waals surface area (Å²) < 4.78 is 0. The van der Waals surface area contributed by atoms with E-state index in [1.54, 1.807) is 6.20 Å². The summed E-state index contributed by atoms with van der Waals surface area (Å²) in [5, 5.41) is 2.75. The average Bonchev–Trinajstić information content (AvgIpc) is 2.26. The largest absolute Gasteiger partial charge is 0.349 e. The summed E-state index contributed by atoms with van der Waals surface area (Å²) in [6.07, 6.45) is 1.70. The second-order valence-corrected chi connectivity index (χ2v) is 3.81.